The van der Waals surface area contributed by atoms with Crippen LogP contribution >= 0.6 is 15.9 Å². The number of nitrogens with zero attached hydrogens (tertiary/aromatic N) is 2. The van der Waals surface area contributed by atoms with Gasteiger partial charge in [0.2, 0.25) is 0 Å². The Bertz CT molecular complexity index is 620. The molecule has 0 saturated heterocycles. The van der Waals surface area contributed by atoms with Crippen LogP contribution in [0.4, 0.5) is 4.39 Å². The van der Waals surface area contributed by atoms with Gasteiger partial charge in [0, 0.05) is 13.0 Å². The van der Waals surface area contributed by atoms with Gasteiger partial charge in [-0.3, -0.25) is 4.68 Å². The molecule has 0 saturated carbocycles. The summed E-state index contributed by atoms with van der Waals surface area (Å²) in [5.74, 6) is -0.303. The zero-order valence-electron chi connectivity index (χ0n) is 12.5. The van der Waals surface area contributed by atoms with Crippen molar-refractivity contribution in [3.8, 4) is 0 Å². The Kier molecular flexibility index (Phi) is 4.84. The molecule has 2 aromatic rings. The Labute approximate surface area is 132 Å². The maximum Gasteiger partial charge on any atom is 0.123 e. The minimum atomic E-state index is -1.08. The SMILES string of the molecule is CCc1nn(CC)c(CC(C)(O)c2ccc(F)cc2)c1Br. The molecule has 1 aromatic heterocycles. The lowest BCUT2D eigenvalue weighted by molar-refractivity contribution is 0.0551. The Morgan fingerprint density at radius 1 is 1.29 bits per heavy atom. The number of benzene rings is 1. The van der Waals surface area contributed by atoms with E-state index in [1.165, 1.54) is 12.1 Å². The molecular formula is C16H20BrFN2O. The Hall–Kier alpha value is -1.20. The highest BCUT2D eigenvalue weighted by molar-refractivity contribution is 9.10. The summed E-state index contributed by atoms with van der Waals surface area (Å²) in [6.45, 7) is 6.56. The first-order valence-corrected chi connectivity index (χ1v) is 7.90. The summed E-state index contributed by atoms with van der Waals surface area (Å²) in [4.78, 5) is 0. The molecule has 0 radical (unpaired) electrons. The van der Waals surface area contributed by atoms with Gasteiger partial charge in [-0.25, -0.2) is 4.39 Å². The van der Waals surface area contributed by atoms with E-state index in [2.05, 4.69) is 28.0 Å². The molecule has 0 bridgehead atoms. The monoisotopic (exact) mass is 354 g/mol. The fourth-order valence-electron chi connectivity index (χ4n) is 2.42. The standard InChI is InChI=1S/C16H20BrFN2O/c1-4-13-15(17)14(20(5-2)19-13)10-16(3,21)11-6-8-12(18)9-7-11/h6-9,21H,4-5,10H2,1-3H3. The van der Waals surface area contributed by atoms with Gasteiger partial charge in [-0.1, -0.05) is 19.1 Å². The zero-order valence-corrected chi connectivity index (χ0v) is 14.1. The van der Waals surface area contributed by atoms with Crippen molar-refractivity contribution < 1.29 is 9.50 Å². The molecule has 0 spiro atoms. The van der Waals surface area contributed by atoms with E-state index in [9.17, 15) is 9.50 Å². The molecular weight excluding hydrogens is 335 g/mol. The van der Waals surface area contributed by atoms with Crippen molar-refractivity contribution in [2.75, 3.05) is 0 Å². The average molecular weight is 355 g/mol. The van der Waals surface area contributed by atoms with Gasteiger partial charge in [0.05, 0.1) is 21.5 Å². The number of aryl methyl sites for hydroxylation is 2. The van der Waals surface area contributed by atoms with Gasteiger partial charge in [-0.15, -0.1) is 0 Å². The van der Waals surface area contributed by atoms with Gasteiger partial charge in [-0.2, -0.15) is 5.10 Å². The summed E-state index contributed by atoms with van der Waals surface area (Å²) < 4.78 is 15.9. The minimum Gasteiger partial charge on any atom is -0.385 e. The zero-order chi connectivity index (χ0) is 15.6. The number of aromatic nitrogens is 2. The van der Waals surface area contributed by atoms with Crippen LogP contribution in [-0.4, -0.2) is 14.9 Å². The second-order valence-corrected chi connectivity index (χ2v) is 6.13. The van der Waals surface area contributed by atoms with E-state index < -0.39 is 5.60 Å². The molecule has 1 atom stereocenters. The fourth-order valence-corrected chi connectivity index (χ4v) is 3.13. The Morgan fingerprint density at radius 2 is 1.90 bits per heavy atom. The summed E-state index contributed by atoms with van der Waals surface area (Å²) in [6.07, 6.45) is 1.25. The molecule has 21 heavy (non-hydrogen) atoms. The lowest BCUT2D eigenvalue weighted by atomic mass is 9.91. The van der Waals surface area contributed by atoms with Crippen LogP contribution in [0.25, 0.3) is 0 Å². The highest BCUT2D eigenvalue weighted by atomic mass is 79.9. The van der Waals surface area contributed by atoms with Crippen LogP contribution in [-0.2, 0) is 25.0 Å². The summed E-state index contributed by atoms with van der Waals surface area (Å²) >= 11 is 3.59. The number of halogens is 2. The van der Waals surface area contributed by atoms with Gasteiger partial charge >= 0.3 is 0 Å². The molecule has 0 fully saturated rings. The first kappa shape index (κ1) is 16.2. The van der Waals surface area contributed by atoms with Crippen LogP contribution < -0.4 is 0 Å². The Balaban J connectivity index is 2.36. The molecule has 1 aromatic carbocycles. The summed E-state index contributed by atoms with van der Waals surface area (Å²) in [5.41, 5.74) is 1.57. The van der Waals surface area contributed by atoms with Crippen LogP contribution in [0.1, 0.15) is 37.7 Å². The van der Waals surface area contributed by atoms with Crippen LogP contribution in [0, 0.1) is 5.82 Å². The number of aliphatic hydroxyl groups is 1. The minimum absolute atomic E-state index is 0.303. The van der Waals surface area contributed by atoms with E-state index in [-0.39, 0.29) is 5.82 Å². The second-order valence-electron chi connectivity index (χ2n) is 5.33. The van der Waals surface area contributed by atoms with Crippen molar-refractivity contribution >= 4 is 15.9 Å². The fraction of sp³-hybridized carbons (Fsp3) is 0.438. The van der Waals surface area contributed by atoms with E-state index in [1.807, 2.05) is 11.6 Å². The first-order valence-electron chi connectivity index (χ1n) is 7.11. The van der Waals surface area contributed by atoms with E-state index >= 15 is 0 Å². The molecule has 0 aliphatic carbocycles. The molecule has 1 heterocycles. The van der Waals surface area contributed by atoms with Crippen molar-refractivity contribution in [3.63, 3.8) is 0 Å². The molecule has 114 valence electrons. The van der Waals surface area contributed by atoms with Crippen molar-refractivity contribution in [1.29, 1.82) is 0 Å². The van der Waals surface area contributed by atoms with Crippen LogP contribution in [0.2, 0.25) is 0 Å². The molecule has 2 rings (SSSR count). The van der Waals surface area contributed by atoms with Crippen LogP contribution in [0.3, 0.4) is 0 Å². The lowest BCUT2D eigenvalue weighted by Crippen LogP contribution is -2.26. The maximum absolute atomic E-state index is 13.0. The van der Waals surface area contributed by atoms with E-state index in [0.717, 1.165) is 28.8 Å². The smallest absolute Gasteiger partial charge is 0.123 e. The third-order valence-corrected chi connectivity index (χ3v) is 4.59. The third-order valence-electron chi connectivity index (χ3n) is 3.67. The van der Waals surface area contributed by atoms with Crippen LogP contribution in [0.5, 0.6) is 0 Å². The molecule has 1 unspecified atom stereocenters. The maximum atomic E-state index is 13.0. The third kappa shape index (κ3) is 3.35. The van der Waals surface area contributed by atoms with Crippen molar-refractivity contribution in [1.82, 2.24) is 9.78 Å². The van der Waals surface area contributed by atoms with Crippen LogP contribution in [0.15, 0.2) is 28.7 Å². The molecule has 0 aliphatic heterocycles. The predicted molar refractivity (Wildman–Crippen MR) is 84.7 cm³/mol. The quantitative estimate of drug-likeness (QED) is 0.886. The van der Waals surface area contributed by atoms with E-state index in [0.29, 0.717) is 12.0 Å². The molecule has 0 amide bonds. The highest BCUT2D eigenvalue weighted by Crippen LogP contribution is 2.31. The summed E-state index contributed by atoms with van der Waals surface area (Å²) in [7, 11) is 0. The van der Waals surface area contributed by atoms with Gasteiger partial charge in [0.25, 0.3) is 0 Å². The Morgan fingerprint density at radius 3 is 2.43 bits per heavy atom. The van der Waals surface area contributed by atoms with Gasteiger partial charge < -0.3 is 5.11 Å². The molecule has 3 nitrogen and oxygen atoms in total. The van der Waals surface area contributed by atoms with Gasteiger partial charge in [0.1, 0.15) is 5.82 Å². The van der Waals surface area contributed by atoms with Crippen molar-refractivity contribution in [3.05, 3.63) is 51.5 Å². The predicted octanol–water partition coefficient (Wildman–Crippen LogP) is 3.82. The van der Waals surface area contributed by atoms with Crippen molar-refractivity contribution in [2.45, 2.75) is 45.8 Å². The highest BCUT2D eigenvalue weighted by Gasteiger charge is 2.27. The van der Waals surface area contributed by atoms with Gasteiger partial charge in [0.15, 0.2) is 0 Å². The summed E-state index contributed by atoms with van der Waals surface area (Å²) in [5, 5.41) is 15.3. The number of hydrogen-bond donors (Lipinski definition) is 1. The van der Waals surface area contributed by atoms with E-state index in [1.54, 1.807) is 19.1 Å². The molecule has 5 heteroatoms. The first-order chi connectivity index (χ1) is 9.89. The second kappa shape index (κ2) is 6.28. The largest absolute Gasteiger partial charge is 0.385 e. The molecule has 1 N–H and O–H groups in total. The van der Waals surface area contributed by atoms with E-state index in [4.69, 9.17) is 0 Å². The lowest BCUT2D eigenvalue weighted by Gasteiger charge is -2.24. The summed E-state index contributed by atoms with van der Waals surface area (Å²) in [6, 6.07) is 5.98. The molecule has 0 aliphatic rings. The van der Waals surface area contributed by atoms with Gasteiger partial charge in [-0.05, 0) is 53.9 Å². The van der Waals surface area contributed by atoms with Crippen molar-refractivity contribution in [2.24, 2.45) is 0 Å². The number of hydrogen-bond acceptors (Lipinski definition) is 2. The topological polar surface area (TPSA) is 38.0 Å². The average Bonchev–Trinajstić information content (AvgIpc) is 2.75. The number of rotatable bonds is 5. The normalized spacial score (nSPS) is 14.2.